The van der Waals surface area contributed by atoms with Crippen molar-refractivity contribution in [3.8, 4) is 0 Å². The maximum atomic E-state index is 5.95. The Balaban J connectivity index is 2.71. The van der Waals surface area contributed by atoms with Gasteiger partial charge in [0.05, 0.1) is 3.79 Å². The lowest BCUT2D eigenvalue weighted by atomic mass is 10.1. The first-order valence-electron chi connectivity index (χ1n) is 4.43. The highest BCUT2D eigenvalue weighted by molar-refractivity contribution is 9.11. The topological polar surface area (TPSA) is 38.9 Å². The van der Waals surface area contributed by atoms with E-state index in [1.54, 1.807) is 11.3 Å². The molecule has 4 heteroatoms. The second kappa shape index (κ2) is 3.51. The van der Waals surface area contributed by atoms with Crippen LogP contribution < -0.4 is 5.73 Å². The highest BCUT2D eigenvalue weighted by Crippen LogP contribution is 2.33. The van der Waals surface area contributed by atoms with Gasteiger partial charge in [0.15, 0.2) is 0 Å². The maximum Gasteiger partial charge on any atom is 0.126 e. The van der Waals surface area contributed by atoms with E-state index in [1.807, 2.05) is 12.1 Å². The zero-order chi connectivity index (χ0) is 10.3. The number of aromatic nitrogens is 1. The number of nitrogens with zero attached hydrogens (tertiary/aromatic N) is 1. The van der Waals surface area contributed by atoms with Gasteiger partial charge in [0, 0.05) is 16.8 Å². The lowest BCUT2D eigenvalue weighted by molar-refractivity contribution is 0.832. The molecule has 74 valence electrons. The molecule has 0 unspecified atom stereocenters. The van der Waals surface area contributed by atoms with Gasteiger partial charge >= 0.3 is 0 Å². The fourth-order valence-electron chi connectivity index (χ4n) is 1.32. The molecule has 0 saturated carbocycles. The van der Waals surface area contributed by atoms with Gasteiger partial charge in [0.25, 0.3) is 0 Å². The number of fused-ring (bicyclic) bond motifs is 1. The van der Waals surface area contributed by atoms with E-state index >= 15 is 0 Å². The van der Waals surface area contributed by atoms with Crippen LogP contribution in [0.4, 0.5) is 5.69 Å². The minimum Gasteiger partial charge on any atom is -0.398 e. The number of thiophene rings is 1. The number of nitrogens with two attached hydrogens (primary N) is 1. The van der Waals surface area contributed by atoms with Crippen molar-refractivity contribution in [1.29, 1.82) is 0 Å². The predicted molar refractivity (Wildman–Crippen MR) is 65.8 cm³/mol. The van der Waals surface area contributed by atoms with Crippen LogP contribution >= 0.6 is 27.3 Å². The van der Waals surface area contributed by atoms with Crippen molar-refractivity contribution in [2.75, 3.05) is 5.73 Å². The van der Waals surface area contributed by atoms with Crippen LogP contribution in [0.2, 0.25) is 0 Å². The fraction of sp³-hybridized carbons (Fsp3) is 0.300. The highest BCUT2D eigenvalue weighted by Gasteiger charge is 2.08. The molecule has 2 rings (SSSR count). The molecule has 0 aliphatic heterocycles. The van der Waals surface area contributed by atoms with Gasteiger partial charge in [0.1, 0.15) is 4.83 Å². The average molecular weight is 271 g/mol. The quantitative estimate of drug-likeness (QED) is 0.857. The third kappa shape index (κ3) is 1.64. The van der Waals surface area contributed by atoms with Crippen LogP contribution in [0.5, 0.6) is 0 Å². The van der Waals surface area contributed by atoms with Crippen LogP contribution in [0, 0.1) is 0 Å². The number of halogens is 1. The molecule has 2 aromatic heterocycles. The molecule has 0 aromatic carbocycles. The smallest absolute Gasteiger partial charge is 0.126 e. The predicted octanol–water partition coefficient (Wildman–Crippen LogP) is 3.76. The number of hydrogen-bond donors (Lipinski definition) is 1. The Kier molecular flexibility index (Phi) is 2.49. The minimum atomic E-state index is 0.419. The van der Waals surface area contributed by atoms with Crippen molar-refractivity contribution in [1.82, 2.24) is 4.98 Å². The van der Waals surface area contributed by atoms with E-state index in [4.69, 9.17) is 5.73 Å². The molecule has 0 spiro atoms. The molecule has 14 heavy (non-hydrogen) atoms. The molecule has 0 amide bonds. The number of anilines is 1. The summed E-state index contributed by atoms with van der Waals surface area (Å²) in [4.78, 5) is 5.58. The van der Waals surface area contributed by atoms with Crippen LogP contribution in [0.3, 0.4) is 0 Å². The van der Waals surface area contributed by atoms with Gasteiger partial charge in [-0.2, -0.15) is 0 Å². The van der Waals surface area contributed by atoms with Gasteiger partial charge in [-0.3, -0.25) is 0 Å². The zero-order valence-electron chi connectivity index (χ0n) is 8.04. The molecular formula is C10H11BrN2S. The normalized spacial score (nSPS) is 11.4. The van der Waals surface area contributed by atoms with Crippen molar-refractivity contribution < 1.29 is 0 Å². The second-order valence-electron chi connectivity index (χ2n) is 3.56. The van der Waals surface area contributed by atoms with E-state index < -0.39 is 0 Å². The Morgan fingerprint density at radius 1 is 1.43 bits per heavy atom. The third-order valence-electron chi connectivity index (χ3n) is 2.12. The summed E-state index contributed by atoms with van der Waals surface area (Å²) in [6.45, 7) is 4.24. The zero-order valence-corrected chi connectivity index (χ0v) is 10.4. The van der Waals surface area contributed by atoms with Crippen LogP contribution in [-0.2, 0) is 0 Å². The van der Waals surface area contributed by atoms with Crippen molar-refractivity contribution >= 4 is 43.2 Å². The second-order valence-corrected chi connectivity index (χ2v) is 5.97. The Bertz CT molecular complexity index is 476. The first-order chi connectivity index (χ1) is 6.58. The van der Waals surface area contributed by atoms with Gasteiger partial charge in [-0.1, -0.05) is 13.8 Å². The summed E-state index contributed by atoms with van der Waals surface area (Å²) in [5.41, 5.74) is 7.83. The Morgan fingerprint density at radius 3 is 2.79 bits per heavy atom. The van der Waals surface area contributed by atoms with Crippen molar-refractivity contribution in [3.05, 3.63) is 21.6 Å². The lowest BCUT2D eigenvalue weighted by Gasteiger charge is -2.05. The van der Waals surface area contributed by atoms with Gasteiger partial charge < -0.3 is 5.73 Å². The highest BCUT2D eigenvalue weighted by atomic mass is 79.9. The third-order valence-corrected chi connectivity index (χ3v) is 3.65. The molecule has 0 aliphatic rings. The van der Waals surface area contributed by atoms with Crippen molar-refractivity contribution in [2.24, 2.45) is 0 Å². The lowest BCUT2D eigenvalue weighted by Crippen LogP contribution is -1.95. The van der Waals surface area contributed by atoms with E-state index in [2.05, 4.69) is 34.8 Å². The van der Waals surface area contributed by atoms with Crippen LogP contribution in [0.15, 0.2) is 15.9 Å². The Hall–Kier alpha value is -0.610. The molecular weight excluding hydrogens is 260 g/mol. The first-order valence-corrected chi connectivity index (χ1v) is 6.04. The molecule has 2 N–H and O–H groups in total. The van der Waals surface area contributed by atoms with Gasteiger partial charge in [-0.05, 0) is 34.0 Å². The van der Waals surface area contributed by atoms with Crippen LogP contribution in [-0.4, -0.2) is 4.98 Å². The maximum absolute atomic E-state index is 5.95. The monoisotopic (exact) mass is 270 g/mol. The fourth-order valence-corrected chi connectivity index (χ4v) is 2.81. The molecule has 0 atom stereocenters. The van der Waals surface area contributed by atoms with E-state index in [-0.39, 0.29) is 0 Å². The van der Waals surface area contributed by atoms with Crippen molar-refractivity contribution in [2.45, 2.75) is 19.8 Å². The number of hydrogen-bond acceptors (Lipinski definition) is 3. The summed E-state index contributed by atoms with van der Waals surface area (Å²) in [5, 5.41) is 1.05. The molecule has 0 fully saturated rings. The number of nitrogen functional groups attached to an aromatic ring is 1. The molecule has 2 heterocycles. The Morgan fingerprint density at radius 2 is 2.14 bits per heavy atom. The number of rotatable bonds is 1. The molecule has 0 radical (unpaired) electrons. The molecule has 2 nitrogen and oxygen atoms in total. The van der Waals surface area contributed by atoms with Crippen LogP contribution in [0.25, 0.3) is 10.2 Å². The van der Waals surface area contributed by atoms with Gasteiger partial charge in [-0.25, -0.2) is 4.98 Å². The van der Waals surface area contributed by atoms with E-state index in [0.29, 0.717) is 5.92 Å². The molecule has 2 aromatic rings. The minimum absolute atomic E-state index is 0.419. The van der Waals surface area contributed by atoms with Gasteiger partial charge in [0.2, 0.25) is 0 Å². The summed E-state index contributed by atoms with van der Waals surface area (Å²) in [5.74, 6) is 0.419. The Labute approximate surface area is 95.3 Å². The summed E-state index contributed by atoms with van der Waals surface area (Å²) in [7, 11) is 0. The largest absolute Gasteiger partial charge is 0.398 e. The average Bonchev–Trinajstić information content (AvgIpc) is 2.45. The summed E-state index contributed by atoms with van der Waals surface area (Å²) in [6, 6.07) is 3.98. The van der Waals surface area contributed by atoms with Crippen molar-refractivity contribution in [3.63, 3.8) is 0 Å². The first kappa shape index (κ1) is 9.93. The van der Waals surface area contributed by atoms with E-state index in [0.717, 1.165) is 25.4 Å². The summed E-state index contributed by atoms with van der Waals surface area (Å²) in [6.07, 6.45) is 0. The van der Waals surface area contributed by atoms with Crippen LogP contribution in [0.1, 0.15) is 25.5 Å². The molecule has 0 saturated heterocycles. The molecule has 0 aliphatic carbocycles. The summed E-state index contributed by atoms with van der Waals surface area (Å²) >= 11 is 5.07. The summed E-state index contributed by atoms with van der Waals surface area (Å²) < 4.78 is 1.08. The van der Waals surface area contributed by atoms with E-state index in [1.165, 1.54) is 0 Å². The van der Waals surface area contributed by atoms with Gasteiger partial charge in [-0.15, -0.1) is 11.3 Å². The SMILES string of the molecule is CC(C)c1cc(N)c2cc(Br)sc2n1. The number of pyridine rings is 1. The van der Waals surface area contributed by atoms with E-state index in [9.17, 15) is 0 Å². The molecule has 0 bridgehead atoms. The standard InChI is InChI=1S/C10H11BrN2S/c1-5(2)8-4-7(12)6-3-9(11)14-10(6)13-8/h3-5H,1-2H3,(H2,12,13).